The molecule has 1 fully saturated rings. The summed E-state index contributed by atoms with van der Waals surface area (Å²) in [6.45, 7) is 4.69. The largest absolute Gasteiger partial charge is 0.478 e. The van der Waals surface area contributed by atoms with E-state index >= 15 is 0 Å². The second-order valence-corrected chi connectivity index (χ2v) is 7.35. The molecule has 1 aromatic carbocycles. The van der Waals surface area contributed by atoms with E-state index in [1.54, 1.807) is 12.1 Å². The van der Waals surface area contributed by atoms with Crippen LogP contribution in [0.3, 0.4) is 0 Å². The molecule has 146 valence electrons. The van der Waals surface area contributed by atoms with Crippen molar-refractivity contribution in [2.24, 2.45) is 0 Å². The Balaban J connectivity index is 1.86. The first-order valence-corrected chi connectivity index (χ1v) is 9.58. The summed E-state index contributed by atoms with van der Waals surface area (Å²) >= 11 is 12.5. The molecule has 28 heavy (non-hydrogen) atoms. The van der Waals surface area contributed by atoms with E-state index in [-0.39, 0.29) is 5.56 Å². The van der Waals surface area contributed by atoms with E-state index in [2.05, 4.69) is 4.98 Å². The summed E-state index contributed by atoms with van der Waals surface area (Å²) in [5, 5.41) is 10.7. The van der Waals surface area contributed by atoms with Gasteiger partial charge in [-0.15, -0.1) is 0 Å². The van der Waals surface area contributed by atoms with Gasteiger partial charge in [0.25, 0.3) is 0 Å². The lowest BCUT2D eigenvalue weighted by Crippen LogP contribution is -2.37. The third kappa shape index (κ3) is 3.41. The molecule has 0 radical (unpaired) electrons. The number of ether oxygens (including phenoxy) is 1. The Labute approximate surface area is 171 Å². The third-order valence-corrected chi connectivity index (χ3v) is 5.66. The molecule has 7 nitrogen and oxygen atoms in total. The number of carbonyl (C=O) groups is 1. The predicted molar refractivity (Wildman–Crippen MR) is 108 cm³/mol. The quantitative estimate of drug-likeness (QED) is 0.693. The van der Waals surface area contributed by atoms with E-state index in [4.69, 9.17) is 32.9 Å². The maximum Gasteiger partial charge on any atom is 0.338 e. The number of aryl methyl sites for hydroxylation is 1. The molecule has 0 atom stereocenters. The van der Waals surface area contributed by atoms with Crippen LogP contribution < -0.4 is 4.90 Å². The van der Waals surface area contributed by atoms with Gasteiger partial charge in [-0.25, -0.2) is 14.8 Å². The number of nitrogens with zero attached hydrogens (tertiary/aromatic N) is 4. The molecule has 0 amide bonds. The molecule has 1 aliphatic heterocycles. The van der Waals surface area contributed by atoms with Gasteiger partial charge in [0, 0.05) is 13.1 Å². The minimum absolute atomic E-state index is 0.130. The minimum atomic E-state index is -1.03. The summed E-state index contributed by atoms with van der Waals surface area (Å²) in [7, 11) is 0. The molecule has 0 saturated carbocycles. The highest BCUT2D eigenvalue weighted by atomic mass is 35.5. The molecule has 0 bridgehead atoms. The van der Waals surface area contributed by atoms with Crippen LogP contribution in [0.25, 0.3) is 11.2 Å². The number of carboxylic acids is 1. The Hall–Kier alpha value is -2.35. The summed E-state index contributed by atoms with van der Waals surface area (Å²) in [5.41, 5.74) is 1.81. The molecule has 1 saturated heterocycles. The fourth-order valence-electron chi connectivity index (χ4n) is 3.33. The van der Waals surface area contributed by atoms with E-state index in [0.717, 1.165) is 5.56 Å². The fraction of sp³-hybridized carbons (Fsp3) is 0.316. The van der Waals surface area contributed by atoms with Crippen LogP contribution in [0.15, 0.2) is 24.3 Å². The average Bonchev–Trinajstić information content (AvgIpc) is 3.00. The predicted octanol–water partition coefficient (Wildman–Crippen LogP) is 3.63. The van der Waals surface area contributed by atoms with Crippen LogP contribution in [0.4, 0.5) is 5.82 Å². The van der Waals surface area contributed by atoms with Crippen molar-refractivity contribution in [3.05, 3.63) is 51.3 Å². The molecule has 9 heteroatoms. The van der Waals surface area contributed by atoms with E-state index in [0.29, 0.717) is 65.7 Å². The maximum absolute atomic E-state index is 11.9. The van der Waals surface area contributed by atoms with E-state index in [9.17, 15) is 9.90 Å². The van der Waals surface area contributed by atoms with Crippen LogP contribution in [0.2, 0.25) is 10.0 Å². The molecule has 2 aromatic heterocycles. The molecule has 3 heterocycles. The molecule has 4 rings (SSSR count). The number of fused-ring (bicyclic) bond motifs is 1. The highest BCUT2D eigenvalue weighted by Crippen LogP contribution is 2.29. The van der Waals surface area contributed by atoms with Crippen molar-refractivity contribution in [3.8, 4) is 0 Å². The summed E-state index contributed by atoms with van der Waals surface area (Å²) in [6, 6.07) is 7.01. The molecule has 1 aliphatic rings. The van der Waals surface area contributed by atoms with Crippen molar-refractivity contribution in [1.82, 2.24) is 14.5 Å². The van der Waals surface area contributed by atoms with Crippen LogP contribution in [0.5, 0.6) is 0 Å². The number of imidazole rings is 1. The van der Waals surface area contributed by atoms with Gasteiger partial charge in [0.15, 0.2) is 5.65 Å². The topological polar surface area (TPSA) is 80.5 Å². The average molecular weight is 421 g/mol. The van der Waals surface area contributed by atoms with Gasteiger partial charge in [-0.2, -0.15) is 0 Å². The monoisotopic (exact) mass is 420 g/mol. The lowest BCUT2D eigenvalue weighted by atomic mass is 10.2. The minimum Gasteiger partial charge on any atom is -0.478 e. The number of halogens is 2. The van der Waals surface area contributed by atoms with Gasteiger partial charge in [0.2, 0.25) is 0 Å². The summed E-state index contributed by atoms with van der Waals surface area (Å²) < 4.78 is 7.25. The van der Waals surface area contributed by atoms with Gasteiger partial charge in [0.1, 0.15) is 17.2 Å². The smallest absolute Gasteiger partial charge is 0.338 e. The van der Waals surface area contributed by atoms with E-state index < -0.39 is 5.97 Å². The number of aromatic carboxylic acids is 1. The molecule has 0 spiro atoms. The molecule has 3 aromatic rings. The number of carboxylic acid groups (broad SMARTS) is 1. The van der Waals surface area contributed by atoms with Crippen LogP contribution in [0.1, 0.15) is 21.7 Å². The van der Waals surface area contributed by atoms with Gasteiger partial charge in [0.05, 0.1) is 35.4 Å². The highest BCUT2D eigenvalue weighted by Gasteiger charge is 2.22. The first-order valence-electron chi connectivity index (χ1n) is 8.82. The number of pyridine rings is 1. The standard InChI is InChI=1S/C19H18Cl2N4O3/c1-11-22-17-13(19(26)27)9-15(24-5-7-28-8-6-24)23-18(17)25(11)10-12-3-2-4-14(20)16(12)21/h2-4,9H,5-8,10H2,1H3,(H,26,27). The van der Waals surface area contributed by atoms with Gasteiger partial charge in [-0.1, -0.05) is 35.3 Å². The molecule has 0 aliphatic carbocycles. The lowest BCUT2D eigenvalue weighted by Gasteiger charge is -2.28. The van der Waals surface area contributed by atoms with E-state index in [1.165, 1.54) is 0 Å². The van der Waals surface area contributed by atoms with Gasteiger partial charge in [-0.05, 0) is 24.6 Å². The zero-order chi connectivity index (χ0) is 19.8. The van der Waals surface area contributed by atoms with Crippen molar-refractivity contribution in [2.45, 2.75) is 13.5 Å². The SMILES string of the molecule is Cc1nc2c(C(=O)O)cc(N3CCOCC3)nc2n1Cc1cccc(Cl)c1Cl. The molecular formula is C19H18Cl2N4O3. The van der Waals surface area contributed by atoms with Crippen molar-refractivity contribution in [1.29, 1.82) is 0 Å². The summed E-state index contributed by atoms with van der Waals surface area (Å²) in [6.07, 6.45) is 0. The normalized spacial score (nSPS) is 14.6. The van der Waals surface area contributed by atoms with Crippen LogP contribution in [-0.2, 0) is 11.3 Å². The molecule has 1 N–H and O–H groups in total. The Kier molecular flexibility index (Phi) is 5.14. The van der Waals surface area contributed by atoms with Crippen molar-refractivity contribution in [2.75, 3.05) is 31.2 Å². The lowest BCUT2D eigenvalue weighted by molar-refractivity contribution is 0.0698. The number of aromatic nitrogens is 3. The number of anilines is 1. The van der Waals surface area contributed by atoms with Crippen LogP contribution in [-0.4, -0.2) is 51.9 Å². The third-order valence-electron chi connectivity index (χ3n) is 4.81. The molecular weight excluding hydrogens is 403 g/mol. The van der Waals surface area contributed by atoms with Gasteiger partial charge < -0.3 is 19.3 Å². The first kappa shape index (κ1) is 19.0. The zero-order valence-corrected chi connectivity index (χ0v) is 16.7. The zero-order valence-electron chi connectivity index (χ0n) is 15.2. The van der Waals surface area contributed by atoms with Crippen LogP contribution >= 0.6 is 23.2 Å². The number of hydrogen-bond donors (Lipinski definition) is 1. The highest BCUT2D eigenvalue weighted by molar-refractivity contribution is 6.42. The molecule has 0 unspecified atom stereocenters. The maximum atomic E-state index is 11.9. The Morgan fingerprint density at radius 1 is 1.25 bits per heavy atom. The van der Waals surface area contributed by atoms with Crippen molar-refractivity contribution >= 4 is 46.2 Å². The second kappa shape index (κ2) is 7.58. The first-order chi connectivity index (χ1) is 13.5. The Morgan fingerprint density at radius 2 is 2.00 bits per heavy atom. The number of morpholine rings is 1. The van der Waals surface area contributed by atoms with Crippen molar-refractivity contribution < 1.29 is 14.6 Å². The van der Waals surface area contributed by atoms with Gasteiger partial charge >= 0.3 is 5.97 Å². The number of benzene rings is 1. The van der Waals surface area contributed by atoms with Crippen molar-refractivity contribution in [3.63, 3.8) is 0 Å². The fourth-order valence-corrected chi connectivity index (χ4v) is 3.71. The van der Waals surface area contributed by atoms with E-state index in [1.807, 2.05) is 28.5 Å². The van der Waals surface area contributed by atoms with Crippen LogP contribution in [0, 0.1) is 6.92 Å². The summed E-state index contributed by atoms with van der Waals surface area (Å²) in [4.78, 5) is 23.1. The Bertz CT molecular complexity index is 1060. The number of hydrogen-bond acceptors (Lipinski definition) is 5. The second-order valence-electron chi connectivity index (χ2n) is 6.56. The Morgan fingerprint density at radius 3 is 2.71 bits per heavy atom. The van der Waals surface area contributed by atoms with Gasteiger partial charge in [-0.3, -0.25) is 0 Å². The number of rotatable bonds is 4. The summed E-state index contributed by atoms with van der Waals surface area (Å²) in [5.74, 6) is 0.221.